The predicted molar refractivity (Wildman–Crippen MR) is 102 cm³/mol. The van der Waals surface area contributed by atoms with Crippen molar-refractivity contribution in [1.29, 1.82) is 5.26 Å². The highest BCUT2D eigenvalue weighted by Crippen LogP contribution is 2.38. The lowest BCUT2D eigenvalue weighted by Gasteiger charge is -2.07. The lowest BCUT2D eigenvalue weighted by atomic mass is 10.1. The van der Waals surface area contributed by atoms with E-state index in [1.165, 1.54) is 0 Å². The average molecular weight is 362 g/mol. The first-order chi connectivity index (χ1) is 12.5. The van der Waals surface area contributed by atoms with Crippen LogP contribution in [0.4, 0.5) is 16.4 Å². The Balaban J connectivity index is 2.08. The van der Waals surface area contributed by atoms with Crippen molar-refractivity contribution in [3.8, 4) is 6.07 Å². The molecule has 0 fully saturated rings. The Morgan fingerprint density at radius 2 is 1.69 bits per heavy atom. The van der Waals surface area contributed by atoms with Gasteiger partial charge in [-0.15, -0.1) is 11.3 Å². The van der Waals surface area contributed by atoms with E-state index in [0.29, 0.717) is 21.8 Å². The number of nitriles is 1. The van der Waals surface area contributed by atoms with Crippen LogP contribution in [0.25, 0.3) is 0 Å². The summed E-state index contributed by atoms with van der Waals surface area (Å²) in [6.45, 7) is 0. The fourth-order valence-electron chi connectivity index (χ4n) is 2.48. The molecule has 0 unspecified atom stereocenters. The number of benzene rings is 2. The Morgan fingerprint density at radius 3 is 2.35 bits per heavy atom. The molecule has 1 aromatic heterocycles. The van der Waals surface area contributed by atoms with Gasteiger partial charge in [-0.1, -0.05) is 42.5 Å². The summed E-state index contributed by atoms with van der Waals surface area (Å²) in [6, 6.07) is 17.5. The van der Waals surface area contributed by atoms with Crippen molar-refractivity contribution in [3.05, 3.63) is 76.2 Å². The van der Waals surface area contributed by atoms with Gasteiger partial charge < -0.3 is 16.8 Å². The van der Waals surface area contributed by atoms with Crippen LogP contribution in [0.2, 0.25) is 0 Å². The summed E-state index contributed by atoms with van der Waals surface area (Å²) < 4.78 is 0. The van der Waals surface area contributed by atoms with E-state index in [4.69, 9.17) is 11.5 Å². The Bertz CT molecular complexity index is 1040. The summed E-state index contributed by atoms with van der Waals surface area (Å²) in [6.07, 6.45) is 0. The van der Waals surface area contributed by atoms with Crippen LogP contribution < -0.4 is 16.8 Å². The zero-order chi connectivity index (χ0) is 18.7. The maximum atomic E-state index is 12.7. The van der Waals surface area contributed by atoms with Crippen LogP contribution in [0, 0.1) is 11.3 Å². The lowest BCUT2D eigenvalue weighted by Crippen LogP contribution is -2.14. The molecule has 0 saturated heterocycles. The molecule has 0 bridgehead atoms. The molecular weight excluding hydrogens is 348 g/mol. The van der Waals surface area contributed by atoms with Crippen molar-refractivity contribution in [1.82, 2.24) is 0 Å². The number of ketones is 1. The molecule has 1 heterocycles. The third-order valence-corrected chi connectivity index (χ3v) is 4.85. The van der Waals surface area contributed by atoms with Crippen LogP contribution in [0.5, 0.6) is 0 Å². The number of primary amides is 1. The van der Waals surface area contributed by atoms with Crippen molar-refractivity contribution in [2.45, 2.75) is 0 Å². The van der Waals surface area contributed by atoms with Gasteiger partial charge >= 0.3 is 0 Å². The Morgan fingerprint density at radius 1 is 1.04 bits per heavy atom. The molecule has 2 aromatic carbocycles. The first kappa shape index (κ1) is 17.2. The monoisotopic (exact) mass is 362 g/mol. The molecule has 0 spiro atoms. The second-order valence-corrected chi connectivity index (χ2v) is 6.41. The summed E-state index contributed by atoms with van der Waals surface area (Å²) in [5.74, 6) is -1.04. The molecule has 0 radical (unpaired) electrons. The van der Waals surface area contributed by atoms with Crippen molar-refractivity contribution in [2.24, 2.45) is 5.73 Å². The van der Waals surface area contributed by atoms with Crippen molar-refractivity contribution in [3.63, 3.8) is 0 Å². The quantitative estimate of drug-likeness (QED) is 0.601. The van der Waals surface area contributed by atoms with Crippen LogP contribution in [-0.4, -0.2) is 11.7 Å². The molecule has 0 saturated carbocycles. The number of nitrogens with zero attached hydrogens (tertiary/aromatic N) is 1. The van der Waals surface area contributed by atoms with Gasteiger partial charge in [0.05, 0.1) is 22.5 Å². The van der Waals surface area contributed by atoms with Crippen molar-refractivity contribution in [2.75, 3.05) is 11.1 Å². The van der Waals surface area contributed by atoms with E-state index >= 15 is 0 Å². The number of thiophene rings is 1. The van der Waals surface area contributed by atoms with E-state index in [-0.39, 0.29) is 21.9 Å². The number of carbonyl (C=O) groups is 2. The molecule has 3 aromatic rings. The van der Waals surface area contributed by atoms with Crippen LogP contribution in [0.3, 0.4) is 0 Å². The minimum absolute atomic E-state index is 0.0355. The van der Waals surface area contributed by atoms with Crippen LogP contribution in [-0.2, 0) is 0 Å². The van der Waals surface area contributed by atoms with Gasteiger partial charge in [0.1, 0.15) is 15.9 Å². The Hall–Kier alpha value is -3.63. The molecule has 7 heteroatoms. The molecule has 0 aliphatic heterocycles. The number of hydrogen-bond acceptors (Lipinski definition) is 6. The molecule has 0 atom stereocenters. The van der Waals surface area contributed by atoms with Gasteiger partial charge in [0.25, 0.3) is 5.91 Å². The average Bonchev–Trinajstić information content (AvgIpc) is 2.98. The molecule has 5 N–H and O–H groups in total. The topological polar surface area (TPSA) is 122 Å². The van der Waals surface area contributed by atoms with Gasteiger partial charge in [0.2, 0.25) is 5.78 Å². The van der Waals surface area contributed by atoms with Gasteiger partial charge in [-0.25, -0.2) is 0 Å². The standard InChI is InChI=1S/C19H14N4O2S/c20-10-12-8-4-5-9-13(12)23-19-14(18(22)25)15(21)17(26-19)16(24)11-6-2-1-3-7-11/h1-9,23H,21H2,(H2,22,25). The van der Waals surface area contributed by atoms with Crippen LogP contribution >= 0.6 is 11.3 Å². The van der Waals surface area contributed by atoms with Gasteiger partial charge in [-0.2, -0.15) is 5.26 Å². The minimum atomic E-state index is -0.747. The fraction of sp³-hybridized carbons (Fsp3) is 0. The molecule has 26 heavy (non-hydrogen) atoms. The highest BCUT2D eigenvalue weighted by molar-refractivity contribution is 7.19. The van der Waals surface area contributed by atoms with E-state index in [9.17, 15) is 14.9 Å². The second-order valence-electron chi connectivity index (χ2n) is 5.39. The van der Waals surface area contributed by atoms with Crippen molar-refractivity contribution >= 4 is 39.4 Å². The third kappa shape index (κ3) is 3.14. The maximum Gasteiger partial charge on any atom is 0.253 e. The first-order valence-corrected chi connectivity index (χ1v) is 8.42. The number of nitrogens with one attached hydrogen (secondary N) is 1. The second kappa shape index (κ2) is 7.09. The number of amides is 1. The van der Waals surface area contributed by atoms with Gasteiger partial charge in [0, 0.05) is 5.56 Å². The molecule has 6 nitrogen and oxygen atoms in total. The predicted octanol–water partition coefficient (Wildman–Crippen LogP) is 3.28. The van der Waals surface area contributed by atoms with E-state index < -0.39 is 5.91 Å². The minimum Gasteiger partial charge on any atom is -0.397 e. The third-order valence-electron chi connectivity index (χ3n) is 3.73. The zero-order valence-corrected chi connectivity index (χ0v) is 14.3. The van der Waals surface area contributed by atoms with Gasteiger partial charge in [-0.3, -0.25) is 9.59 Å². The Labute approximate surface area is 153 Å². The molecular formula is C19H14N4O2S. The number of para-hydroxylation sites is 1. The first-order valence-electron chi connectivity index (χ1n) is 7.61. The number of carbonyl (C=O) groups excluding carboxylic acids is 2. The number of hydrogen-bond donors (Lipinski definition) is 3. The van der Waals surface area contributed by atoms with Gasteiger partial charge in [0.15, 0.2) is 0 Å². The smallest absolute Gasteiger partial charge is 0.253 e. The number of nitrogen functional groups attached to an aromatic ring is 1. The van der Waals surface area contributed by atoms with E-state index in [2.05, 4.69) is 11.4 Å². The number of anilines is 3. The lowest BCUT2D eigenvalue weighted by molar-refractivity contribution is 0.100. The van der Waals surface area contributed by atoms with Gasteiger partial charge in [-0.05, 0) is 12.1 Å². The summed E-state index contributed by atoms with van der Waals surface area (Å²) in [5.41, 5.74) is 12.9. The molecule has 128 valence electrons. The Kier molecular flexibility index (Phi) is 4.69. The van der Waals surface area contributed by atoms with E-state index in [0.717, 1.165) is 11.3 Å². The van der Waals surface area contributed by atoms with Crippen LogP contribution in [0.1, 0.15) is 31.2 Å². The molecule has 3 rings (SSSR count). The largest absolute Gasteiger partial charge is 0.397 e. The molecule has 0 aliphatic carbocycles. The highest BCUT2D eigenvalue weighted by atomic mass is 32.1. The van der Waals surface area contributed by atoms with E-state index in [1.54, 1.807) is 54.6 Å². The summed E-state index contributed by atoms with van der Waals surface area (Å²) in [4.78, 5) is 24.8. The summed E-state index contributed by atoms with van der Waals surface area (Å²) >= 11 is 1.04. The number of nitrogens with two attached hydrogens (primary N) is 2. The normalized spacial score (nSPS) is 10.1. The summed E-state index contributed by atoms with van der Waals surface area (Å²) in [5, 5.41) is 12.5. The van der Waals surface area contributed by atoms with Crippen molar-refractivity contribution < 1.29 is 9.59 Å². The highest BCUT2D eigenvalue weighted by Gasteiger charge is 2.25. The zero-order valence-electron chi connectivity index (χ0n) is 13.5. The molecule has 1 amide bonds. The fourth-order valence-corrected chi connectivity index (χ4v) is 3.58. The number of rotatable bonds is 5. The SMILES string of the molecule is N#Cc1ccccc1Nc1sc(C(=O)c2ccccc2)c(N)c1C(N)=O. The molecule has 0 aliphatic rings. The maximum absolute atomic E-state index is 12.7. The van der Waals surface area contributed by atoms with Crippen LogP contribution in [0.15, 0.2) is 54.6 Å². The van der Waals surface area contributed by atoms with E-state index in [1.807, 2.05) is 0 Å². The summed E-state index contributed by atoms with van der Waals surface area (Å²) in [7, 11) is 0.